The first-order valence-electron chi connectivity index (χ1n) is 6.46. The summed E-state index contributed by atoms with van der Waals surface area (Å²) in [6, 6.07) is 10.2. The molecule has 1 saturated carbocycles. The summed E-state index contributed by atoms with van der Waals surface area (Å²) in [5, 5.41) is 12.4. The summed E-state index contributed by atoms with van der Waals surface area (Å²) in [6.07, 6.45) is 1.78. The number of aromatic nitrogens is 2. The van der Waals surface area contributed by atoms with Gasteiger partial charge in [0, 0.05) is 5.92 Å². The van der Waals surface area contributed by atoms with Crippen molar-refractivity contribution in [3.8, 4) is 0 Å². The topological polar surface area (TPSA) is 54.9 Å². The van der Waals surface area contributed by atoms with Crippen LogP contribution >= 0.6 is 11.3 Å². The number of benzene rings is 1. The van der Waals surface area contributed by atoms with Crippen LogP contribution in [0.2, 0.25) is 0 Å². The van der Waals surface area contributed by atoms with Gasteiger partial charge in [0.25, 0.3) is 0 Å². The summed E-state index contributed by atoms with van der Waals surface area (Å²) in [5.74, 6) is 0.504. The molecule has 2 aromatic rings. The predicted octanol–water partition coefficient (Wildman–Crippen LogP) is 2.84. The van der Waals surface area contributed by atoms with Crippen molar-refractivity contribution in [2.24, 2.45) is 5.92 Å². The second kappa shape index (κ2) is 5.09. The summed E-state index contributed by atoms with van der Waals surface area (Å²) in [7, 11) is 0. The number of rotatable bonds is 4. The third-order valence-electron chi connectivity index (χ3n) is 3.35. The number of hydrogen-bond donors (Lipinski definition) is 1. The first-order chi connectivity index (χ1) is 9.28. The number of nitrogens with one attached hydrogen (secondary N) is 1. The SMILES string of the molecule is CCc1nnc(NC(=O)[C@@H]2C[C@@H]2c2ccccc2)s1. The van der Waals surface area contributed by atoms with Gasteiger partial charge in [-0.15, -0.1) is 10.2 Å². The van der Waals surface area contributed by atoms with E-state index >= 15 is 0 Å². The van der Waals surface area contributed by atoms with Gasteiger partial charge in [0.2, 0.25) is 11.0 Å². The molecule has 0 unspecified atom stereocenters. The number of carbonyl (C=O) groups is 1. The van der Waals surface area contributed by atoms with E-state index in [0.29, 0.717) is 11.0 Å². The summed E-state index contributed by atoms with van der Waals surface area (Å²) < 4.78 is 0. The maximum Gasteiger partial charge on any atom is 0.229 e. The predicted molar refractivity (Wildman–Crippen MR) is 75.2 cm³/mol. The van der Waals surface area contributed by atoms with Gasteiger partial charge in [-0.25, -0.2) is 0 Å². The number of anilines is 1. The molecule has 0 aliphatic heterocycles. The molecule has 1 aliphatic rings. The fourth-order valence-corrected chi connectivity index (χ4v) is 2.88. The van der Waals surface area contributed by atoms with E-state index in [1.165, 1.54) is 16.9 Å². The number of hydrogen-bond acceptors (Lipinski definition) is 4. The zero-order valence-corrected chi connectivity index (χ0v) is 11.5. The highest BCUT2D eigenvalue weighted by Crippen LogP contribution is 2.47. The molecule has 0 radical (unpaired) electrons. The lowest BCUT2D eigenvalue weighted by atomic mass is 10.1. The van der Waals surface area contributed by atoms with Gasteiger partial charge in [-0.1, -0.05) is 48.6 Å². The summed E-state index contributed by atoms with van der Waals surface area (Å²) in [6.45, 7) is 2.03. The monoisotopic (exact) mass is 273 g/mol. The second-order valence-corrected chi connectivity index (χ2v) is 5.77. The quantitative estimate of drug-likeness (QED) is 0.932. The molecule has 3 rings (SSSR count). The molecular weight excluding hydrogens is 258 g/mol. The van der Waals surface area contributed by atoms with Gasteiger partial charge in [0.15, 0.2) is 0 Å². The molecule has 2 atom stereocenters. The molecule has 1 aromatic heterocycles. The fraction of sp³-hybridized carbons (Fsp3) is 0.357. The lowest BCUT2D eigenvalue weighted by Crippen LogP contribution is -2.14. The van der Waals surface area contributed by atoms with Crippen LogP contribution in [0.5, 0.6) is 0 Å². The van der Waals surface area contributed by atoms with Crippen LogP contribution in [0.1, 0.15) is 29.8 Å². The molecule has 1 fully saturated rings. The van der Waals surface area contributed by atoms with E-state index < -0.39 is 0 Å². The van der Waals surface area contributed by atoms with E-state index in [2.05, 4.69) is 27.6 Å². The molecule has 19 heavy (non-hydrogen) atoms. The fourth-order valence-electron chi connectivity index (χ4n) is 2.20. The first kappa shape index (κ1) is 12.3. The molecule has 0 spiro atoms. The first-order valence-corrected chi connectivity index (χ1v) is 7.27. The lowest BCUT2D eigenvalue weighted by molar-refractivity contribution is -0.117. The Morgan fingerprint density at radius 3 is 2.84 bits per heavy atom. The third kappa shape index (κ3) is 2.66. The Morgan fingerprint density at radius 2 is 2.16 bits per heavy atom. The Morgan fingerprint density at radius 1 is 1.37 bits per heavy atom. The Kier molecular flexibility index (Phi) is 3.29. The van der Waals surface area contributed by atoms with Crippen molar-refractivity contribution >= 4 is 22.4 Å². The van der Waals surface area contributed by atoms with Crippen LogP contribution in [0.15, 0.2) is 30.3 Å². The van der Waals surface area contributed by atoms with Gasteiger partial charge in [-0.05, 0) is 24.3 Å². The van der Waals surface area contributed by atoms with Crippen molar-refractivity contribution in [1.82, 2.24) is 10.2 Å². The molecular formula is C14H15N3OS. The minimum Gasteiger partial charge on any atom is -0.300 e. The minimum atomic E-state index is 0.0626. The number of carbonyl (C=O) groups excluding carboxylic acids is 1. The van der Waals surface area contributed by atoms with Crippen molar-refractivity contribution in [1.29, 1.82) is 0 Å². The molecule has 5 heteroatoms. The van der Waals surface area contributed by atoms with Crippen molar-refractivity contribution in [2.75, 3.05) is 5.32 Å². The summed E-state index contributed by atoms with van der Waals surface area (Å²) in [5.41, 5.74) is 1.24. The van der Waals surface area contributed by atoms with Gasteiger partial charge in [0.1, 0.15) is 5.01 Å². The molecule has 98 valence electrons. The van der Waals surface area contributed by atoms with E-state index in [9.17, 15) is 4.79 Å². The van der Waals surface area contributed by atoms with Gasteiger partial charge in [0.05, 0.1) is 0 Å². The highest BCUT2D eigenvalue weighted by atomic mass is 32.1. The average Bonchev–Trinajstić information content (AvgIpc) is 3.13. The van der Waals surface area contributed by atoms with Crippen molar-refractivity contribution in [3.05, 3.63) is 40.9 Å². The molecule has 1 aliphatic carbocycles. The highest BCUT2D eigenvalue weighted by molar-refractivity contribution is 7.15. The largest absolute Gasteiger partial charge is 0.300 e. The van der Waals surface area contributed by atoms with Crippen LogP contribution in [0.4, 0.5) is 5.13 Å². The molecule has 0 bridgehead atoms. The van der Waals surface area contributed by atoms with Gasteiger partial charge >= 0.3 is 0 Å². The van der Waals surface area contributed by atoms with Crippen LogP contribution < -0.4 is 5.32 Å². The third-order valence-corrected chi connectivity index (χ3v) is 4.34. The zero-order valence-electron chi connectivity index (χ0n) is 10.7. The van der Waals surface area contributed by atoms with Crippen molar-refractivity contribution < 1.29 is 4.79 Å². The smallest absolute Gasteiger partial charge is 0.229 e. The normalized spacial score (nSPS) is 21.1. The van der Waals surface area contributed by atoms with E-state index in [0.717, 1.165) is 17.8 Å². The van der Waals surface area contributed by atoms with E-state index in [4.69, 9.17) is 0 Å². The molecule has 4 nitrogen and oxygen atoms in total. The summed E-state index contributed by atoms with van der Waals surface area (Å²) in [4.78, 5) is 12.1. The summed E-state index contributed by atoms with van der Waals surface area (Å²) >= 11 is 1.45. The van der Waals surface area contributed by atoms with Gasteiger partial charge in [-0.3, -0.25) is 4.79 Å². The highest BCUT2D eigenvalue weighted by Gasteiger charge is 2.44. The van der Waals surface area contributed by atoms with Crippen LogP contribution in [-0.4, -0.2) is 16.1 Å². The number of amides is 1. The van der Waals surface area contributed by atoms with Crippen LogP contribution in [-0.2, 0) is 11.2 Å². The van der Waals surface area contributed by atoms with E-state index in [1.807, 2.05) is 25.1 Å². The maximum atomic E-state index is 12.1. The van der Waals surface area contributed by atoms with Gasteiger partial charge in [-0.2, -0.15) is 0 Å². The average molecular weight is 273 g/mol. The Labute approximate surface area is 115 Å². The Balaban J connectivity index is 1.61. The second-order valence-electron chi connectivity index (χ2n) is 4.70. The molecule has 0 saturated heterocycles. The molecule has 1 amide bonds. The molecule has 1 heterocycles. The minimum absolute atomic E-state index is 0.0626. The van der Waals surface area contributed by atoms with Crippen molar-refractivity contribution in [3.63, 3.8) is 0 Å². The van der Waals surface area contributed by atoms with Crippen molar-refractivity contribution in [2.45, 2.75) is 25.7 Å². The zero-order chi connectivity index (χ0) is 13.2. The molecule has 1 aromatic carbocycles. The van der Waals surface area contributed by atoms with Crippen LogP contribution in [0.25, 0.3) is 0 Å². The van der Waals surface area contributed by atoms with Gasteiger partial charge < -0.3 is 5.32 Å². The Bertz CT molecular complexity index is 581. The number of aryl methyl sites for hydroxylation is 1. The van der Waals surface area contributed by atoms with E-state index in [1.54, 1.807) is 0 Å². The Hall–Kier alpha value is -1.75. The van der Waals surface area contributed by atoms with E-state index in [-0.39, 0.29) is 11.8 Å². The van der Waals surface area contributed by atoms with Crippen LogP contribution in [0, 0.1) is 5.92 Å². The molecule has 1 N–H and O–H groups in total. The number of nitrogens with zero attached hydrogens (tertiary/aromatic N) is 2. The maximum absolute atomic E-state index is 12.1. The van der Waals surface area contributed by atoms with Crippen LogP contribution in [0.3, 0.4) is 0 Å². The lowest BCUT2D eigenvalue weighted by Gasteiger charge is -2.00. The standard InChI is InChI=1S/C14H15N3OS/c1-2-12-16-17-14(19-12)15-13(18)11-8-10(11)9-6-4-3-5-7-9/h3-7,10-11H,2,8H2,1H3,(H,15,17,18)/t10-,11-/m1/s1.